The van der Waals surface area contributed by atoms with Crippen molar-refractivity contribution in [3.63, 3.8) is 0 Å². The van der Waals surface area contributed by atoms with Crippen LogP contribution in [-0.4, -0.2) is 89.4 Å². The molecule has 0 aliphatic heterocycles. The largest absolute Gasteiger partial charge is 0.390 e. The van der Waals surface area contributed by atoms with Crippen molar-refractivity contribution in [3.8, 4) is 0 Å². The van der Waals surface area contributed by atoms with Gasteiger partial charge in [0.1, 0.15) is 24.2 Å². The number of hydrogen-bond acceptors (Lipinski definition) is 8. The van der Waals surface area contributed by atoms with Crippen molar-refractivity contribution in [2.24, 2.45) is 29.4 Å². The fraction of sp³-hybridized carbons (Fsp3) is 0.581. The smallest absolute Gasteiger partial charge is 0.243 e. The molecule has 0 bridgehead atoms. The minimum atomic E-state index is -1.21. The van der Waals surface area contributed by atoms with Crippen LogP contribution in [0.3, 0.4) is 0 Å². The summed E-state index contributed by atoms with van der Waals surface area (Å²) in [5, 5.41) is 29.0. The number of nitrogens with two attached hydrogens (primary N) is 1. The molecular formula is C43H67N7O7. The van der Waals surface area contributed by atoms with Crippen LogP contribution in [0, 0.1) is 23.7 Å². The minimum Gasteiger partial charge on any atom is -0.390 e. The van der Waals surface area contributed by atoms with Gasteiger partial charge in [0.25, 0.3) is 0 Å². The predicted octanol–water partition coefficient (Wildman–Crippen LogP) is 2.12. The van der Waals surface area contributed by atoms with Gasteiger partial charge in [0.15, 0.2) is 0 Å². The average Bonchev–Trinajstić information content (AvgIpc) is 3.15. The van der Waals surface area contributed by atoms with Crippen molar-refractivity contribution in [2.45, 2.75) is 130 Å². The van der Waals surface area contributed by atoms with Gasteiger partial charge in [-0.2, -0.15) is 0 Å². The van der Waals surface area contributed by atoms with Crippen LogP contribution in [0.1, 0.15) is 86.3 Å². The number of rotatable bonds is 24. The van der Waals surface area contributed by atoms with Crippen LogP contribution < -0.4 is 37.6 Å². The van der Waals surface area contributed by atoms with Crippen LogP contribution in [0.25, 0.3) is 0 Å². The maximum atomic E-state index is 14.1. The molecule has 2 rings (SSSR count). The van der Waals surface area contributed by atoms with Gasteiger partial charge in [0.2, 0.25) is 35.4 Å². The van der Waals surface area contributed by atoms with Gasteiger partial charge in [-0.3, -0.25) is 28.8 Å². The normalized spacial score (nSPS) is 15.7. The number of amides is 6. The van der Waals surface area contributed by atoms with Crippen LogP contribution in [0.5, 0.6) is 0 Å². The SMILES string of the molecule is CC[C@H](C)[C@H](NC(=O)[C@H](Cc1ccccc1)NC[C@H](O)[C@H](Cc1ccccc1)NC(=O)[C@@H](NC(=O)[C@H](CC(C)C)NC(C)=O)C(C)C)C(=O)N[C@H](C(N)=O)C(C)C. The summed E-state index contributed by atoms with van der Waals surface area (Å²) < 4.78 is 0. The molecule has 0 saturated carbocycles. The van der Waals surface area contributed by atoms with Crippen molar-refractivity contribution in [3.05, 3.63) is 71.8 Å². The lowest BCUT2D eigenvalue weighted by Gasteiger charge is -2.31. The number of benzene rings is 2. The van der Waals surface area contributed by atoms with Gasteiger partial charge < -0.3 is 42.7 Å². The maximum Gasteiger partial charge on any atom is 0.243 e. The van der Waals surface area contributed by atoms with Crippen LogP contribution >= 0.6 is 0 Å². The molecule has 0 heterocycles. The van der Waals surface area contributed by atoms with E-state index in [4.69, 9.17) is 5.73 Å². The molecule has 14 nitrogen and oxygen atoms in total. The van der Waals surface area contributed by atoms with E-state index in [-0.39, 0.29) is 49.0 Å². The van der Waals surface area contributed by atoms with Gasteiger partial charge >= 0.3 is 0 Å². The van der Waals surface area contributed by atoms with E-state index in [2.05, 4.69) is 31.9 Å². The Kier molecular flexibility index (Phi) is 20.4. The molecule has 0 aromatic heterocycles. The molecule has 0 unspecified atom stereocenters. The first-order valence-electron chi connectivity index (χ1n) is 20.1. The Morgan fingerprint density at radius 3 is 1.56 bits per heavy atom. The van der Waals surface area contributed by atoms with E-state index in [1.54, 1.807) is 27.7 Å². The topological polar surface area (TPSA) is 221 Å². The molecule has 0 fully saturated rings. The third kappa shape index (κ3) is 16.7. The van der Waals surface area contributed by atoms with Crippen molar-refractivity contribution >= 4 is 35.4 Å². The van der Waals surface area contributed by atoms with Gasteiger partial charge in [-0.25, -0.2) is 0 Å². The Hall–Kier alpha value is -4.82. The Morgan fingerprint density at radius 2 is 1.09 bits per heavy atom. The molecular weight excluding hydrogens is 727 g/mol. The molecule has 57 heavy (non-hydrogen) atoms. The van der Waals surface area contributed by atoms with E-state index in [1.807, 2.05) is 88.4 Å². The van der Waals surface area contributed by atoms with Gasteiger partial charge in [0.05, 0.1) is 18.2 Å². The van der Waals surface area contributed by atoms with Crippen LogP contribution in [0.2, 0.25) is 0 Å². The number of hydrogen-bond donors (Lipinski definition) is 8. The Labute approximate surface area is 338 Å². The Morgan fingerprint density at radius 1 is 0.614 bits per heavy atom. The zero-order valence-electron chi connectivity index (χ0n) is 35.1. The summed E-state index contributed by atoms with van der Waals surface area (Å²) in [4.78, 5) is 78.9. The maximum absolute atomic E-state index is 14.1. The summed E-state index contributed by atoms with van der Waals surface area (Å²) in [5.41, 5.74) is 7.23. The zero-order chi connectivity index (χ0) is 42.8. The molecule has 0 radical (unpaired) electrons. The summed E-state index contributed by atoms with van der Waals surface area (Å²) >= 11 is 0. The highest BCUT2D eigenvalue weighted by atomic mass is 16.3. The lowest BCUT2D eigenvalue weighted by molar-refractivity contribution is -0.133. The van der Waals surface area contributed by atoms with Crippen LogP contribution in [0.15, 0.2) is 60.7 Å². The highest BCUT2D eigenvalue weighted by Gasteiger charge is 2.34. The Bertz CT molecular complexity index is 1590. The number of aliphatic hydroxyl groups is 1. The number of carbonyl (C=O) groups excluding carboxylic acids is 6. The fourth-order valence-corrected chi connectivity index (χ4v) is 6.44. The molecule has 0 aliphatic rings. The summed E-state index contributed by atoms with van der Waals surface area (Å²) in [6.45, 7) is 15.9. The van der Waals surface area contributed by atoms with Crippen molar-refractivity contribution in [1.82, 2.24) is 31.9 Å². The second kappa shape index (κ2) is 24.1. The predicted molar refractivity (Wildman–Crippen MR) is 221 cm³/mol. The van der Waals surface area contributed by atoms with E-state index in [1.165, 1.54) is 6.92 Å². The molecule has 316 valence electrons. The van der Waals surface area contributed by atoms with E-state index >= 15 is 0 Å². The standard InChI is InChI=1S/C43H67N7O7/c1-10-28(8)38(43(57)48-36(26(4)5)39(44)53)50-40(54)33(23-31-19-15-12-16-20-31)45-24-35(52)32(22-30-17-13-11-14-18-30)47-42(56)37(27(6)7)49-41(55)34(21-25(2)3)46-29(9)51/h11-20,25-28,32-38,45,52H,10,21-24H2,1-9H3,(H2,44,53)(H,46,51)(H,47,56)(H,48,57)(H,49,55)(H,50,54)/t28-,32-,33-,34-,35-,36-,37-,38-/m0/s1. The molecule has 6 amide bonds. The number of carbonyl (C=O) groups is 6. The average molecular weight is 794 g/mol. The number of nitrogens with one attached hydrogen (secondary N) is 6. The van der Waals surface area contributed by atoms with Crippen LogP contribution in [0.4, 0.5) is 0 Å². The lowest BCUT2D eigenvalue weighted by atomic mass is 9.95. The lowest BCUT2D eigenvalue weighted by Crippen LogP contribution is -2.60. The quantitative estimate of drug-likeness (QED) is 0.0785. The van der Waals surface area contributed by atoms with E-state index in [9.17, 15) is 33.9 Å². The molecule has 0 saturated heterocycles. The first kappa shape index (κ1) is 48.3. The van der Waals surface area contributed by atoms with Crippen LogP contribution in [-0.2, 0) is 41.6 Å². The summed E-state index contributed by atoms with van der Waals surface area (Å²) in [7, 11) is 0. The molecule has 14 heteroatoms. The van der Waals surface area contributed by atoms with Gasteiger partial charge in [-0.1, -0.05) is 122 Å². The zero-order valence-corrected chi connectivity index (χ0v) is 35.1. The molecule has 9 N–H and O–H groups in total. The summed E-state index contributed by atoms with van der Waals surface area (Å²) in [6.07, 6.45) is 0.172. The molecule has 0 aliphatic carbocycles. The molecule has 2 aromatic rings. The molecule has 8 atom stereocenters. The highest BCUT2D eigenvalue weighted by molar-refractivity contribution is 5.93. The highest BCUT2D eigenvalue weighted by Crippen LogP contribution is 2.14. The second-order valence-corrected chi connectivity index (χ2v) is 16.1. The minimum absolute atomic E-state index is 0.0989. The molecule has 0 spiro atoms. The summed E-state index contributed by atoms with van der Waals surface area (Å²) in [6, 6.07) is 13.1. The van der Waals surface area contributed by atoms with Crippen molar-refractivity contribution < 1.29 is 33.9 Å². The van der Waals surface area contributed by atoms with Gasteiger partial charge in [-0.05, 0) is 54.1 Å². The third-order valence-corrected chi connectivity index (χ3v) is 9.98. The van der Waals surface area contributed by atoms with E-state index < -0.39 is 71.9 Å². The second-order valence-electron chi connectivity index (χ2n) is 16.1. The first-order valence-corrected chi connectivity index (χ1v) is 20.1. The van der Waals surface area contributed by atoms with Gasteiger partial charge in [0, 0.05) is 13.5 Å². The molecule has 2 aromatic carbocycles. The third-order valence-electron chi connectivity index (χ3n) is 9.98. The van der Waals surface area contributed by atoms with E-state index in [0.29, 0.717) is 12.8 Å². The number of aliphatic hydroxyl groups excluding tert-OH is 1. The van der Waals surface area contributed by atoms with Crippen molar-refractivity contribution in [2.75, 3.05) is 6.54 Å². The van der Waals surface area contributed by atoms with Gasteiger partial charge in [-0.15, -0.1) is 0 Å². The monoisotopic (exact) mass is 794 g/mol. The van der Waals surface area contributed by atoms with Crippen molar-refractivity contribution in [1.29, 1.82) is 0 Å². The first-order chi connectivity index (χ1) is 26.8. The number of primary amides is 1. The Balaban J connectivity index is 2.38. The van der Waals surface area contributed by atoms with E-state index in [0.717, 1.165) is 11.1 Å². The summed E-state index contributed by atoms with van der Waals surface area (Å²) in [5.74, 6) is -3.86. The fourth-order valence-electron chi connectivity index (χ4n) is 6.44.